The zero-order valence-electron chi connectivity index (χ0n) is 9.12. The van der Waals surface area contributed by atoms with E-state index in [1.165, 1.54) is 12.1 Å². The highest BCUT2D eigenvalue weighted by atomic mass is 35.5. The lowest BCUT2D eigenvalue weighted by molar-refractivity contribution is 0.497. The van der Waals surface area contributed by atoms with Gasteiger partial charge in [0.2, 0.25) is 0 Å². The standard InChI is InChI=1S/C11H13Cl2NO2S/c12-8-3-4-10(13)11(6-8)17(15,16)9-2-1-5-14-7-9/h3-4,6,9,14H,1-2,5,7H2. The van der Waals surface area contributed by atoms with E-state index < -0.39 is 15.1 Å². The highest BCUT2D eigenvalue weighted by molar-refractivity contribution is 7.92. The van der Waals surface area contributed by atoms with Gasteiger partial charge in [0.25, 0.3) is 0 Å². The van der Waals surface area contributed by atoms with Gasteiger partial charge in [-0.15, -0.1) is 0 Å². The van der Waals surface area contributed by atoms with Gasteiger partial charge in [0.15, 0.2) is 9.84 Å². The van der Waals surface area contributed by atoms with Crippen molar-refractivity contribution in [3.63, 3.8) is 0 Å². The summed E-state index contributed by atoms with van der Waals surface area (Å²) in [6.07, 6.45) is 1.53. The fraction of sp³-hybridized carbons (Fsp3) is 0.455. The third-order valence-electron chi connectivity index (χ3n) is 2.89. The Morgan fingerprint density at radius 3 is 2.71 bits per heavy atom. The largest absolute Gasteiger partial charge is 0.315 e. The molecule has 1 aromatic carbocycles. The number of rotatable bonds is 2. The second-order valence-corrected chi connectivity index (χ2v) is 7.13. The van der Waals surface area contributed by atoms with Crippen LogP contribution in [0.1, 0.15) is 12.8 Å². The predicted octanol–water partition coefficient (Wildman–Crippen LogP) is 2.52. The first-order chi connectivity index (χ1) is 8.01. The maximum atomic E-state index is 12.4. The molecule has 0 bridgehead atoms. The highest BCUT2D eigenvalue weighted by Crippen LogP contribution is 2.29. The first kappa shape index (κ1) is 13.1. The normalized spacial score (nSPS) is 21.4. The van der Waals surface area contributed by atoms with Crippen LogP contribution in [0.15, 0.2) is 23.1 Å². The van der Waals surface area contributed by atoms with E-state index in [-0.39, 0.29) is 9.92 Å². The Morgan fingerprint density at radius 1 is 1.29 bits per heavy atom. The Kier molecular flexibility index (Phi) is 3.98. The number of nitrogens with one attached hydrogen (secondary N) is 1. The molecule has 1 unspecified atom stereocenters. The average Bonchev–Trinajstić information content (AvgIpc) is 2.33. The molecule has 0 aliphatic carbocycles. The lowest BCUT2D eigenvalue weighted by atomic mass is 10.2. The van der Waals surface area contributed by atoms with Gasteiger partial charge < -0.3 is 5.32 Å². The molecule has 3 nitrogen and oxygen atoms in total. The Morgan fingerprint density at radius 2 is 2.06 bits per heavy atom. The van der Waals surface area contributed by atoms with Gasteiger partial charge in [0.1, 0.15) is 0 Å². The Labute approximate surface area is 111 Å². The Bertz CT molecular complexity index is 510. The molecule has 0 saturated carbocycles. The molecule has 1 fully saturated rings. The van der Waals surface area contributed by atoms with Crippen LogP contribution in [-0.2, 0) is 9.84 Å². The number of sulfone groups is 1. The molecule has 1 saturated heterocycles. The van der Waals surface area contributed by atoms with E-state index in [0.29, 0.717) is 18.0 Å². The average molecular weight is 294 g/mol. The lowest BCUT2D eigenvalue weighted by Crippen LogP contribution is -2.38. The predicted molar refractivity (Wildman–Crippen MR) is 69.5 cm³/mol. The molecule has 17 heavy (non-hydrogen) atoms. The van der Waals surface area contributed by atoms with Gasteiger partial charge in [-0.3, -0.25) is 0 Å². The molecule has 0 aromatic heterocycles. The second-order valence-electron chi connectivity index (χ2n) is 4.09. The molecule has 1 N–H and O–H groups in total. The van der Waals surface area contributed by atoms with Crippen molar-refractivity contribution < 1.29 is 8.42 Å². The summed E-state index contributed by atoms with van der Waals surface area (Å²) in [4.78, 5) is 0.139. The molecule has 6 heteroatoms. The van der Waals surface area contributed by atoms with Gasteiger partial charge in [-0.05, 0) is 37.6 Å². The molecule has 2 rings (SSSR count). The van der Waals surface area contributed by atoms with Gasteiger partial charge in [0.05, 0.1) is 15.2 Å². The summed E-state index contributed by atoms with van der Waals surface area (Å²) in [5, 5.41) is 3.30. The second kappa shape index (κ2) is 5.14. The first-order valence-corrected chi connectivity index (χ1v) is 7.72. The number of hydrogen-bond donors (Lipinski definition) is 1. The SMILES string of the molecule is O=S(=O)(c1cc(Cl)ccc1Cl)C1CCCNC1. The Balaban J connectivity index is 2.40. The van der Waals surface area contributed by atoms with E-state index in [4.69, 9.17) is 23.2 Å². The fourth-order valence-electron chi connectivity index (χ4n) is 1.96. The minimum atomic E-state index is -3.39. The van der Waals surface area contributed by atoms with Crippen molar-refractivity contribution in [2.24, 2.45) is 0 Å². The van der Waals surface area contributed by atoms with Crippen molar-refractivity contribution in [3.8, 4) is 0 Å². The minimum absolute atomic E-state index is 0.139. The van der Waals surface area contributed by atoms with Crippen LogP contribution >= 0.6 is 23.2 Å². The maximum Gasteiger partial charge on any atom is 0.183 e. The van der Waals surface area contributed by atoms with Crippen molar-refractivity contribution in [3.05, 3.63) is 28.2 Å². The number of hydrogen-bond acceptors (Lipinski definition) is 3. The van der Waals surface area contributed by atoms with Crippen LogP contribution in [-0.4, -0.2) is 26.8 Å². The van der Waals surface area contributed by atoms with Crippen LogP contribution in [0.4, 0.5) is 0 Å². The summed E-state index contributed by atoms with van der Waals surface area (Å²) in [6.45, 7) is 1.35. The summed E-state index contributed by atoms with van der Waals surface area (Å²) in [6, 6.07) is 4.53. The summed E-state index contributed by atoms with van der Waals surface area (Å²) in [5.74, 6) is 0. The fourth-order valence-corrected chi connectivity index (χ4v) is 4.44. The van der Waals surface area contributed by atoms with E-state index in [2.05, 4.69) is 5.32 Å². The molecule has 1 heterocycles. The van der Waals surface area contributed by atoms with E-state index in [1.54, 1.807) is 6.07 Å². The molecule has 0 radical (unpaired) electrons. The van der Waals surface area contributed by atoms with Crippen molar-refractivity contribution in [2.45, 2.75) is 23.0 Å². The molecule has 94 valence electrons. The molecule has 1 aliphatic rings. The monoisotopic (exact) mass is 293 g/mol. The molecule has 1 atom stereocenters. The van der Waals surface area contributed by atoms with Gasteiger partial charge in [-0.25, -0.2) is 8.42 Å². The molecular weight excluding hydrogens is 281 g/mol. The zero-order chi connectivity index (χ0) is 12.5. The molecule has 0 spiro atoms. The number of benzene rings is 1. The van der Waals surface area contributed by atoms with Crippen LogP contribution in [0.5, 0.6) is 0 Å². The maximum absolute atomic E-state index is 12.4. The minimum Gasteiger partial charge on any atom is -0.315 e. The van der Waals surface area contributed by atoms with Crippen LogP contribution in [0.3, 0.4) is 0 Å². The van der Waals surface area contributed by atoms with Crippen molar-refractivity contribution in [1.82, 2.24) is 5.32 Å². The van der Waals surface area contributed by atoms with Crippen LogP contribution in [0, 0.1) is 0 Å². The van der Waals surface area contributed by atoms with Crippen LogP contribution in [0.2, 0.25) is 10.0 Å². The van der Waals surface area contributed by atoms with Crippen molar-refractivity contribution in [1.29, 1.82) is 0 Å². The zero-order valence-corrected chi connectivity index (χ0v) is 11.4. The molecular formula is C11H13Cl2NO2S. The van der Waals surface area contributed by atoms with E-state index in [9.17, 15) is 8.42 Å². The summed E-state index contributed by atoms with van der Waals surface area (Å²) in [5.41, 5.74) is 0. The van der Waals surface area contributed by atoms with Crippen molar-refractivity contribution >= 4 is 33.0 Å². The lowest BCUT2D eigenvalue weighted by Gasteiger charge is -2.23. The van der Waals surface area contributed by atoms with Gasteiger partial charge in [-0.1, -0.05) is 23.2 Å². The van der Waals surface area contributed by atoms with Crippen molar-refractivity contribution in [2.75, 3.05) is 13.1 Å². The summed E-state index contributed by atoms with van der Waals surface area (Å²) in [7, 11) is -3.39. The number of piperidine rings is 1. The van der Waals surface area contributed by atoms with E-state index in [0.717, 1.165) is 13.0 Å². The van der Waals surface area contributed by atoms with Gasteiger partial charge >= 0.3 is 0 Å². The summed E-state index contributed by atoms with van der Waals surface area (Å²) < 4.78 is 24.8. The quantitative estimate of drug-likeness (QED) is 0.911. The topological polar surface area (TPSA) is 46.2 Å². The van der Waals surface area contributed by atoms with E-state index in [1.807, 2.05) is 0 Å². The summed E-state index contributed by atoms with van der Waals surface area (Å²) >= 11 is 11.8. The van der Waals surface area contributed by atoms with Gasteiger partial charge in [-0.2, -0.15) is 0 Å². The smallest absolute Gasteiger partial charge is 0.183 e. The van der Waals surface area contributed by atoms with Gasteiger partial charge in [0, 0.05) is 11.6 Å². The molecule has 1 aromatic rings. The van der Waals surface area contributed by atoms with Crippen LogP contribution in [0.25, 0.3) is 0 Å². The Hall–Kier alpha value is -0.290. The first-order valence-electron chi connectivity index (χ1n) is 5.41. The molecule has 0 amide bonds. The molecule has 1 aliphatic heterocycles. The highest BCUT2D eigenvalue weighted by Gasteiger charge is 2.30. The number of halogens is 2. The third-order valence-corrected chi connectivity index (χ3v) is 5.80. The van der Waals surface area contributed by atoms with Crippen LogP contribution < -0.4 is 5.32 Å². The van der Waals surface area contributed by atoms with E-state index >= 15 is 0 Å². The third kappa shape index (κ3) is 2.76.